The molecule has 0 atom stereocenters. The summed E-state index contributed by atoms with van der Waals surface area (Å²) in [6.07, 6.45) is 1.36. The highest BCUT2D eigenvalue weighted by Crippen LogP contribution is 2.12. The monoisotopic (exact) mass is 311 g/mol. The van der Waals surface area contributed by atoms with Crippen LogP contribution in [0.1, 0.15) is 11.1 Å². The van der Waals surface area contributed by atoms with Gasteiger partial charge in [-0.3, -0.25) is 10.1 Å². The van der Waals surface area contributed by atoms with Crippen LogP contribution in [-0.4, -0.2) is 24.0 Å². The van der Waals surface area contributed by atoms with Crippen LogP contribution < -0.4 is 10.5 Å². The zero-order valence-electron chi connectivity index (χ0n) is 11.2. The number of nitrogen functional groups attached to an aromatic ring is 1. The van der Waals surface area contributed by atoms with Crippen LogP contribution in [-0.2, 0) is 23.6 Å². The molecule has 4 N–H and O–H groups in total. The average Bonchev–Trinajstić information content (AvgIpc) is 2.84. The number of aromatic nitrogens is 2. The Hall–Kier alpha value is -2.26. The predicted octanol–water partition coefficient (Wildman–Crippen LogP) is 0.322. The molecule has 0 bridgehead atoms. The number of benzene rings is 1. The van der Waals surface area contributed by atoms with Gasteiger partial charge in [0, 0.05) is 24.7 Å². The minimum absolute atomic E-state index is 0.0109. The van der Waals surface area contributed by atoms with Gasteiger partial charge in [0.2, 0.25) is 0 Å². The van der Waals surface area contributed by atoms with E-state index in [9.17, 15) is 12.8 Å². The number of rotatable bonds is 5. The summed E-state index contributed by atoms with van der Waals surface area (Å²) in [5, 5.41) is 11.0. The molecule has 2 rings (SSSR count). The maximum absolute atomic E-state index is 13.8. The van der Waals surface area contributed by atoms with Gasteiger partial charge in [-0.2, -0.15) is 5.10 Å². The molecule has 0 fully saturated rings. The molecular formula is C12H14FN5O2S. The minimum Gasteiger partial charge on any atom is -0.384 e. The Bertz CT molecular complexity index is 785. The summed E-state index contributed by atoms with van der Waals surface area (Å²) in [5.74, 6) is -0.883. The molecular weight excluding hydrogens is 297 g/mol. The summed E-state index contributed by atoms with van der Waals surface area (Å²) >= 11 is 0. The third-order valence-corrected chi connectivity index (χ3v) is 4.34. The van der Waals surface area contributed by atoms with Crippen molar-refractivity contribution < 1.29 is 12.8 Å². The molecule has 0 aliphatic carbocycles. The SMILES string of the molecule is Cn1nccc1S(=O)(=O)NCc1ccc(C(=N)N)cc1F. The number of sulfonamides is 1. The number of hydrogen-bond donors (Lipinski definition) is 3. The van der Waals surface area contributed by atoms with Crippen LogP contribution >= 0.6 is 0 Å². The lowest BCUT2D eigenvalue weighted by molar-refractivity contribution is 0.558. The summed E-state index contributed by atoms with van der Waals surface area (Å²) in [5.41, 5.74) is 5.65. The van der Waals surface area contributed by atoms with E-state index in [1.54, 1.807) is 0 Å². The molecule has 1 heterocycles. The smallest absolute Gasteiger partial charge is 0.258 e. The van der Waals surface area contributed by atoms with Crippen molar-refractivity contribution in [2.24, 2.45) is 12.8 Å². The summed E-state index contributed by atoms with van der Waals surface area (Å²) in [4.78, 5) is 0. The molecule has 9 heteroatoms. The van der Waals surface area contributed by atoms with Crippen LogP contribution in [0, 0.1) is 11.2 Å². The number of nitrogens with one attached hydrogen (secondary N) is 2. The summed E-state index contributed by atoms with van der Waals surface area (Å²) in [6, 6.07) is 5.28. The average molecular weight is 311 g/mol. The normalized spacial score (nSPS) is 11.5. The van der Waals surface area contributed by atoms with Crippen molar-refractivity contribution in [3.63, 3.8) is 0 Å². The first kappa shape index (κ1) is 15.1. The van der Waals surface area contributed by atoms with Gasteiger partial charge >= 0.3 is 0 Å². The van der Waals surface area contributed by atoms with Gasteiger partial charge in [-0.1, -0.05) is 12.1 Å². The number of nitrogens with two attached hydrogens (primary N) is 1. The van der Waals surface area contributed by atoms with E-state index in [4.69, 9.17) is 11.1 Å². The first-order valence-corrected chi connectivity index (χ1v) is 7.40. The second kappa shape index (κ2) is 5.62. The van der Waals surface area contributed by atoms with E-state index >= 15 is 0 Å². The Balaban J connectivity index is 2.17. The van der Waals surface area contributed by atoms with Gasteiger partial charge < -0.3 is 5.73 Å². The van der Waals surface area contributed by atoms with Crippen LogP contribution in [0.5, 0.6) is 0 Å². The van der Waals surface area contributed by atoms with Crippen LogP contribution in [0.4, 0.5) is 4.39 Å². The van der Waals surface area contributed by atoms with Crippen LogP contribution in [0.3, 0.4) is 0 Å². The van der Waals surface area contributed by atoms with Crippen LogP contribution in [0.2, 0.25) is 0 Å². The fourth-order valence-electron chi connectivity index (χ4n) is 1.73. The van der Waals surface area contributed by atoms with E-state index in [-0.39, 0.29) is 28.5 Å². The lowest BCUT2D eigenvalue weighted by Gasteiger charge is -2.08. The molecule has 0 aliphatic rings. The standard InChI is InChI=1S/C12H14FN5O2S/c1-18-11(4-5-16-18)21(19,20)17-7-9-3-2-8(12(14)15)6-10(9)13/h2-6,17H,7H2,1H3,(H3,14,15). The van der Waals surface area contributed by atoms with Gasteiger partial charge in [-0.05, 0) is 12.1 Å². The summed E-state index contributed by atoms with van der Waals surface area (Å²) in [6.45, 7) is -0.211. The Labute approximate surface area is 121 Å². The molecule has 7 nitrogen and oxygen atoms in total. The highest BCUT2D eigenvalue weighted by Gasteiger charge is 2.18. The van der Waals surface area contributed by atoms with Gasteiger partial charge in [0.05, 0.1) is 6.20 Å². The number of amidine groups is 1. The molecule has 2 aromatic rings. The van der Waals surface area contributed by atoms with Crippen molar-refractivity contribution in [3.8, 4) is 0 Å². The molecule has 112 valence electrons. The van der Waals surface area contributed by atoms with Crippen molar-refractivity contribution >= 4 is 15.9 Å². The second-order valence-corrected chi connectivity index (χ2v) is 6.05. The Kier molecular flexibility index (Phi) is 4.05. The molecule has 0 saturated carbocycles. The molecule has 0 radical (unpaired) electrons. The van der Waals surface area contributed by atoms with Gasteiger partial charge in [-0.25, -0.2) is 17.5 Å². The van der Waals surface area contributed by atoms with E-state index in [0.29, 0.717) is 0 Å². The molecule has 0 amide bonds. The Morgan fingerprint density at radius 3 is 2.71 bits per heavy atom. The fraction of sp³-hybridized carbons (Fsp3) is 0.167. The zero-order valence-corrected chi connectivity index (χ0v) is 12.0. The molecule has 0 unspecified atom stereocenters. The minimum atomic E-state index is -3.77. The first-order valence-electron chi connectivity index (χ1n) is 5.92. The van der Waals surface area contributed by atoms with Crippen molar-refractivity contribution in [1.29, 1.82) is 5.41 Å². The quantitative estimate of drug-likeness (QED) is 0.545. The molecule has 0 aliphatic heterocycles. The van der Waals surface area contributed by atoms with Gasteiger partial charge in [-0.15, -0.1) is 0 Å². The largest absolute Gasteiger partial charge is 0.384 e. The van der Waals surface area contributed by atoms with E-state index in [2.05, 4.69) is 9.82 Å². The summed E-state index contributed by atoms with van der Waals surface area (Å²) < 4.78 is 41.4. The van der Waals surface area contributed by atoms with Crippen LogP contribution in [0.15, 0.2) is 35.5 Å². The van der Waals surface area contributed by atoms with Crippen molar-refractivity contribution in [2.75, 3.05) is 0 Å². The summed E-state index contributed by atoms with van der Waals surface area (Å²) in [7, 11) is -2.28. The Morgan fingerprint density at radius 2 is 2.19 bits per heavy atom. The highest BCUT2D eigenvalue weighted by molar-refractivity contribution is 7.89. The predicted molar refractivity (Wildman–Crippen MR) is 74.6 cm³/mol. The topological polar surface area (TPSA) is 114 Å². The lowest BCUT2D eigenvalue weighted by atomic mass is 10.1. The van der Waals surface area contributed by atoms with Crippen molar-refractivity contribution in [2.45, 2.75) is 11.6 Å². The zero-order chi connectivity index (χ0) is 15.6. The maximum atomic E-state index is 13.8. The van der Waals surface area contributed by atoms with Gasteiger partial charge in [0.25, 0.3) is 10.0 Å². The van der Waals surface area contributed by atoms with Gasteiger partial charge in [0.1, 0.15) is 11.7 Å². The molecule has 0 spiro atoms. The number of aryl methyl sites for hydroxylation is 1. The van der Waals surface area contributed by atoms with E-state index < -0.39 is 15.8 Å². The molecule has 1 aromatic carbocycles. The molecule has 21 heavy (non-hydrogen) atoms. The number of nitrogens with zero attached hydrogens (tertiary/aromatic N) is 2. The van der Waals surface area contributed by atoms with E-state index in [1.807, 2.05) is 0 Å². The molecule has 1 aromatic heterocycles. The van der Waals surface area contributed by atoms with Crippen molar-refractivity contribution in [3.05, 3.63) is 47.4 Å². The fourth-order valence-corrected chi connectivity index (χ4v) is 2.86. The Morgan fingerprint density at radius 1 is 1.48 bits per heavy atom. The molecule has 0 saturated heterocycles. The third kappa shape index (κ3) is 3.26. The maximum Gasteiger partial charge on any atom is 0.258 e. The lowest BCUT2D eigenvalue weighted by Crippen LogP contribution is -2.26. The van der Waals surface area contributed by atoms with Crippen LogP contribution in [0.25, 0.3) is 0 Å². The number of hydrogen-bond acceptors (Lipinski definition) is 4. The van der Waals surface area contributed by atoms with Gasteiger partial charge in [0.15, 0.2) is 5.03 Å². The second-order valence-electron chi connectivity index (χ2n) is 4.34. The van der Waals surface area contributed by atoms with E-state index in [1.165, 1.54) is 36.1 Å². The first-order chi connectivity index (χ1) is 9.81. The number of halogens is 1. The third-order valence-electron chi connectivity index (χ3n) is 2.87. The van der Waals surface area contributed by atoms with Crippen molar-refractivity contribution in [1.82, 2.24) is 14.5 Å². The highest BCUT2D eigenvalue weighted by atomic mass is 32.2. The van der Waals surface area contributed by atoms with E-state index in [0.717, 1.165) is 6.07 Å².